The van der Waals surface area contributed by atoms with Crippen LogP contribution in [0.25, 0.3) is 11.1 Å². The second kappa shape index (κ2) is 11.9. The summed E-state index contributed by atoms with van der Waals surface area (Å²) in [6.45, 7) is 25.4. The summed E-state index contributed by atoms with van der Waals surface area (Å²) < 4.78 is 17.6. The minimum absolute atomic E-state index is 1.06. The molecule has 0 atom stereocenters. The number of rotatable bonds is 13. The molecule has 0 bridgehead atoms. The van der Waals surface area contributed by atoms with Gasteiger partial charge < -0.3 is 8.23 Å². The molecular weight excluding hydrogens is 485 g/mol. The van der Waals surface area contributed by atoms with E-state index in [4.69, 9.17) is 8.23 Å². The van der Waals surface area contributed by atoms with Crippen LogP contribution in [0, 0.1) is 0 Å². The monoisotopic (exact) mass is 534 g/mol. The summed E-state index contributed by atoms with van der Waals surface area (Å²) in [4.78, 5) is 0. The Balaban J connectivity index is 1.84. The zero-order valence-electron chi connectivity index (χ0n) is 23.6. The highest BCUT2D eigenvalue weighted by atomic mass is 28.4. The Morgan fingerprint density at radius 1 is 0.529 bits per heavy atom. The minimum atomic E-state index is -1.55. The molecule has 0 fully saturated rings. The van der Waals surface area contributed by atoms with Crippen molar-refractivity contribution in [1.82, 2.24) is 0 Å². The van der Waals surface area contributed by atoms with E-state index < -0.39 is 33.3 Å². The van der Waals surface area contributed by atoms with Gasteiger partial charge in [0.25, 0.3) is 0 Å². The predicted octanol–water partition coefficient (Wildman–Crippen LogP) is 6.82. The van der Waals surface area contributed by atoms with Crippen molar-refractivity contribution in [1.29, 1.82) is 0 Å². The Hall–Kier alpha value is -0.912. The van der Waals surface area contributed by atoms with E-state index in [1.165, 1.54) is 36.1 Å². The molecule has 34 heavy (non-hydrogen) atoms. The number of nitrogens with zero attached hydrogens (tertiary/aromatic N) is 2. The number of hydrogen-bond donors (Lipinski definition) is 0. The van der Waals surface area contributed by atoms with E-state index in [2.05, 4.69) is 124 Å². The highest BCUT2D eigenvalue weighted by Gasteiger charge is 2.30. The standard InChI is InChI=1S/C26H50N2O2Si4/c1-31(2,3)29-33(7,8)23-11-17-27-19-13-25(14-20-27)26-15-21-28(22-16-26)18-12-24-34(9,10)30-32(4,5)6/h13-16,19-22H,11-12,17-18,23-24H2,1-10H3/q+2. The van der Waals surface area contributed by atoms with Gasteiger partial charge >= 0.3 is 0 Å². The SMILES string of the molecule is C[Si](C)(C)O[Si](C)(C)CCC[n+]1ccc(-c2cc[n+](CCC[Si](C)(C)O[Si](C)(C)C)cc2)cc1. The molecule has 0 N–H and O–H groups in total. The summed E-state index contributed by atoms with van der Waals surface area (Å²) in [6, 6.07) is 11.4. The third kappa shape index (κ3) is 11.7. The molecule has 0 radical (unpaired) electrons. The van der Waals surface area contributed by atoms with E-state index in [9.17, 15) is 0 Å². The van der Waals surface area contributed by atoms with E-state index in [-0.39, 0.29) is 0 Å². The van der Waals surface area contributed by atoms with E-state index in [1.807, 2.05) is 0 Å². The second-order valence-corrected chi connectivity index (χ2v) is 30.9. The number of aryl methyl sites for hydroxylation is 2. The van der Waals surface area contributed by atoms with Gasteiger partial charge in [-0.05, 0) is 88.7 Å². The lowest BCUT2D eigenvalue weighted by atomic mass is 10.1. The fraction of sp³-hybridized carbons (Fsp3) is 0.615. The molecule has 4 nitrogen and oxygen atoms in total. The number of hydrogen-bond acceptors (Lipinski definition) is 2. The Morgan fingerprint density at radius 3 is 1.09 bits per heavy atom. The minimum Gasteiger partial charge on any atom is -0.456 e. The lowest BCUT2D eigenvalue weighted by Crippen LogP contribution is -2.43. The third-order valence-corrected chi connectivity index (χ3v) is 18.1. The van der Waals surface area contributed by atoms with Crippen molar-refractivity contribution >= 4 is 33.3 Å². The van der Waals surface area contributed by atoms with Crippen LogP contribution in [-0.4, -0.2) is 33.3 Å². The summed E-state index contributed by atoms with van der Waals surface area (Å²) in [5, 5.41) is 0. The fourth-order valence-corrected chi connectivity index (χ4v) is 20.8. The number of aromatic nitrogens is 2. The van der Waals surface area contributed by atoms with Crippen LogP contribution < -0.4 is 9.13 Å². The van der Waals surface area contributed by atoms with Crippen LogP contribution in [0.2, 0.25) is 77.6 Å². The zero-order chi connectivity index (χ0) is 25.6. The molecule has 0 saturated heterocycles. The molecule has 2 rings (SSSR count). The molecule has 0 amide bonds. The van der Waals surface area contributed by atoms with Gasteiger partial charge in [-0.1, -0.05) is 0 Å². The first kappa shape index (κ1) is 29.3. The van der Waals surface area contributed by atoms with Gasteiger partial charge in [-0.25, -0.2) is 9.13 Å². The lowest BCUT2D eigenvalue weighted by Gasteiger charge is -2.31. The smallest absolute Gasteiger partial charge is 0.173 e. The topological polar surface area (TPSA) is 26.2 Å². The highest BCUT2D eigenvalue weighted by molar-refractivity contribution is 6.84. The van der Waals surface area contributed by atoms with Crippen molar-refractivity contribution in [3.63, 3.8) is 0 Å². The van der Waals surface area contributed by atoms with Gasteiger partial charge in [0.15, 0.2) is 58.1 Å². The van der Waals surface area contributed by atoms with Crippen molar-refractivity contribution in [2.45, 2.75) is 103 Å². The molecular formula is C26H50N2O2Si4+2. The summed E-state index contributed by atoms with van der Waals surface area (Å²) in [5.74, 6) is 0. The van der Waals surface area contributed by atoms with Crippen molar-refractivity contribution in [2.24, 2.45) is 0 Å². The second-order valence-electron chi connectivity index (χ2n) is 12.8. The van der Waals surface area contributed by atoms with Gasteiger partial charge in [0.05, 0.1) is 0 Å². The number of pyridine rings is 2. The van der Waals surface area contributed by atoms with Crippen LogP contribution >= 0.6 is 0 Å². The van der Waals surface area contributed by atoms with Gasteiger partial charge in [-0.3, -0.25) is 0 Å². The van der Waals surface area contributed by atoms with E-state index in [0.717, 1.165) is 13.1 Å². The van der Waals surface area contributed by atoms with Crippen molar-refractivity contribution in [3.8, 4) is 11.1 Å². The molecule has 0 aliphatic rings. The van der Waals surface area contributed by atoms with Gasteiger partial charge in [-0.2, -0.15) is 0 Å². The molecule has 0 spiro atoms. The average Bonchev–Trinajstić information content (AvgIpc) is 2.65. The van der Waals surface area contributed by atoms with Crippen LogP contribution in [-0.2, 0) is 21.3 Å². The molecule has 0 saturated carbocycles. The van der Waals surface area contributed by atoms with Crippen molar-refractivity contribution in [2.75, 3.05) is 0 Å². The quantitative estimate of drug-likeness (QED) is 0.208. The van der Waals surface area contributed by atoms with E-state index >= 15 is 0 Å². The Morgan fingerprint density at radius 2 is 0.824 bits per heavy atom. The maximum Gasteiger partial charge on any atom is 0.173 e. The average molecular weight is 535 g/mol. The Labute approximate surface area is 213 Å². The largest absolute Gasteiger partial charge is 0.456 e. The first-order chi connectivity index (χ1) is 15.5. The van der Waals surface area contributed by atoms with Crippen LogP contribution in [0.1, 0.15) is 12.8 Å². The molecule has 0 aromatic carbocycles. The van der Waals surface area contributed by atoms with Crippen LogP contribution in [0.3, 0.4) is 0 Å². The van der Waals surface area contributed by atoms with Crippen molar-refractivity contribution in [3.05, 3.63) is 49.1 Å². The lowest BCUT2D eigenvalue weighted by molar-refractivity contribution is -0.697. The highest BCUT2D eigenvalue weighted by Crippen LogP contribution is 2.21. The molecule has 2 heterocycles. The fourth-order valence-electron chi connectivity index (χ4n) is 4.73. The summed E-state index contributed by atoms with van der Waals surface area (Å²) >= 11 is 0. The van der Waals surface area contributed by atoms with E-state index in [1.54, 1.807) is 0 Å². The molecule has 2 aromatic rings. The molecule has 0 aliphatic carbocycles. The first-order valence-corrected chi connectivity index (χ1v) is 26.0. The molecule has 0 aliphatic heterocycles. The van der Waals surface area contributed by atoms with Crippen molar-refractivity contribution < 1.29 is 17.4 Å². The Bertz CT molecular complexity index is 812. The van der Waals surface area contributed by atoms with Gasteiger partial charge in [-0.15, -0.1) is 0 Å². The molecule has 190 valence electrons. The van der Waals surface area contributed by atoms with Gasteiger partial charge in [0.2, 0.25) is 0 Å². The summed E-state index contributed by atoms with van der Waals surface area (Å²) in [5.41, 5.74) is 2.55. The summed E-state index contributed by atoms with van der Waals surface area (Å²) in [7, 11) is -5.99. The maximum absolute atomic E-state index is 6.47. The third-order valence-electron chi connectivity index (χ3n) is 5.67. The van der Waals surface area contributed by atoms with Crippen LogP contribution in [0.4, 0.5) is 0 Å². The first-order valence-electron chi connectivity index (χ1n) is 12.9. The normalized spacial score (nSPS) is 13.4. The molecule has 2 aromatic heterocycles. The van der Waals surface area contributed by atoms with Crippen LogP contribution in [0.15, 0.2) is 49.1 Å². The van der Waals surface area contributed by atoms with Crippen LogP contribution in [0.5, 0.6) is 0 Å². The zero-order valence-corrected chi connectivity index (χ0v) is 27.6. The van der Waals surface area contributed by atoms with Gasteiger partial charge in [0.1, 0.15) is 13.1 Å². The summed E-state index contributed by atoms with van der Waals surface area (Å²) in [6.07, 6.45) is 11.2. The Kier molecular flexibility index (Phi) is 10.2. The maximum atomic E-state index is 6.47. The predicted molar refractivity (Wildman–Crippen MR) is 155 cm³/mol. The van der Waals surface area contributed by atoms with Gasteiger partial charge in [0, 0.05) is 37.1 Å². The molecule has 0 unspecified atom stereocenters. The molecule has 8 heteroatoms. The van der Waals surface area contributed by atoms with E-state index in [0.29, 0.717) is 0 Å².